The molecular formula is C19H21F2NO3. The van der Waals surface area contributed by atoms with Gasteiger partial charge >= 0.3 is 0 Å². The first-order valence-corrected chi connectivity index (χ1v) is 7.94. The molecule has 2 N–H and O–H groups in total. The molecule has 2 aromatic rings. The van der Waals surface area contributed by atoms with Gasteiger partial charge in [0.15, 0.2) is 11.6 Å². The molecule has 1 unspecified atom stereocenters. The van der Waals surface area contributed by atoms with Gasteiger partial charge in [-0.2, -0.15) is 0 Å². The summed E-state index contributed by atoms with van der Waals surface area (Å²) in [4.78, 5) is 12.0. The van der Waals surface area contributed by atoms with Crippen LogP contribution in [0.3, 0.4) is 0 Å². The number of benzene rings is 2. The van der Waals surface area contributed by atoms with E-state index in [-0.39, 0.29) is 31.2 Å². The Hall–Kier alpha value is -2.47. The van der Waals surface area contributed by atoms with Crippen molar-refractivity contribution in [3.63, 3.8) is 0 Å². The summed E-state index contributed by atoms with van der Waals surface area (Å²) >= 11 is 0. The Morgan fingerprint density at radius 3 is 2.64 bits per heavy atom. The number of aliphatic hydroxyl groups is 1. The van der Waals surface area contributed by atoms with Crippen molar-refractivity contribution in [1.82, 2.24) is 5.32 Å². The Bertz CT molecular complexity index is 749. The Morgan fingerprint density at radius 2 is 1.92 bits per heavy atom. The van der Waals surface area contributed by atoms with Crippen molar-refractivity contribution in [2.45, 2.75) is 26.4 Å². The van der Waals surface area contributed by atoms with Crippen molar-refractivity contribution in [2.75, 3.05) is 13.2 Å². The van der Waals surface area contributed by atoms with E-state index in [4.69, 9.17) is 4.74 Å². The third-order valence-electron chi connectivity index (χ3n) is 3.72. The lowest BCUT2D eigenvalue weighted by Crippen LogP contribution is -2.36. The number of halogens is 2. The Morgan fingerprint density at radius 1 is 1.16 bits per heavy atom. The standard InChI is InChI=1S/C19H21F2NO3/c1-12-3-4-13(2)14(7-12)8-19(24)22-10-15(23)11-25-16-5-6-17(20)18(21)9-16/h3-7,9,15,23H,8,10-11H2,1-2H3,(H,22,24). The second-order valence-electron chi connectivity index (χ2n) is 5.95. The summed E-state index contributed by atoms with van der Waals surface area (Å²) in [5, 5.41) is 12.5. The number of nitrogens with one attached hydrogen (secondary N) is 1. The van der Waals surface area contributed by atoms with Crippen molar-refractivity contribution < 1.29 is 23.4 Å². The van der Waals surface area contributed by atoms with E-state index in [0.717, 1.165) is 28.8 Å². The Labute approximate surface area is 145 Å². The molecule has 0 saturated heterocycles. The van der Waals surface area contributed by atoms with E-state index in [1.54, 1.807) is 0 Å². The molecule has 6 heteroatoms. The minimum absolute atomic E-state index is 0.00731. The first-order valence-electron chi connectivity index (χ1n) is 7.94. The lowest BCUT2D eigenvalue weighted by molar-refractivity contribution is -0.121. The SMILES string of the molecule is Cc1ccc(C)c(CC(=O)NCC(O)COc2ccc(F)c(F)c2)c1. The highest BCUT2D eigenvalue weighted by molar-refractivity contribution is 5.79. The van der Waals surface area contributed by atoms with Gasteiger partial charge in [0.2, 0.25) is 5.91 Å². The van der Waals surface area contributed by atoms with E-state index in [9.17, 15) is 18.7 Å². The molecule has 4 nitrogen and oxygen atoms in total. The summed E-state index contributed by atoms with van der Waals surface area (Å²) in [5.41, 5.74) is 3.04. The predicted molar refractivity (Wildman–Crippen MR) is 90.5 cm³/mol. The van der Waals surface area contributed by atoms with Gasteiger partial charge in [-0.1, -0.05) is 23.8 Å². The monoisotopic (exact) mass is 349 g/mol. The maximum Gasteiger partial charge on any atom is 0.224 e. The number of ether oxygens (including phenoxy) is 1. The van der Waals surface area contributed by atoms with Crippen LogP contribution in [0.5, 0.6) is 5.75 Å². The molecule has 0 fully saturated rings. The van der Waals surface area contributed by atoms with Crippen molar-refractivity contribution in [3.8, 4) is 5.75 Å². The van der Waals surface area contributed by atoms with Gasteiger partial charge in [0.05, 0.1) is 6.42 Å². The van der Waals surface area contributed by atoms with Crippen LogP contribution < -0.4 is 10.1 Å². The van der Waals surface area contributed by atoms with Crippen LogP contribution in [0.1, 0.15) is 16.7 Å². The van der Waals surface area contributed by atoms with Crippen LogP contribution in [-0.4, -0.2) is 30.3 Å². The molecule has 2 aromatic carbocycles. The van der Waals surface area contributed by atoms with Crippen LogP contribution >= 0.6 is 0 Å². The van der Waals surface area contributed by atoms with Crippen molar-refractivity contribution in [1.29, 1.82) is 0 Å². The molecule has 0 heterocycles. The van der Waals surface area contributed by atoms with Gasteiger partial charge in [-0.05, 0) is 37.1 Å². The zero-order valence-corrected chi connectivity index (χ0v) is 14.2. The minimum atomic E-state index is -1.02. The van der Waals surface area contributed by atoms with Gasteiger partial charge in [-0.25, -0.2) is 8.78 Å². The molecular weight excluding hydrogens is 328 g/mol. The molecule has 0 bridgehead atoms. The van der Waals surface area contributed by atoms with Crippen molar-refractivity contribution in [3.05, 3.63) is 64.7 Å². The molecule has 0 saturated carbocycles. The van der Waals surface area contributed by atoms with Crippen LogP contribution in [0.15, 0.2) is 36.4 Å². The zero-order valence-electron chi connectivity index (χ0n) is 14.2. The van der Waals surface area contributed by atoms with Gasteiger partial charge in [0.1, 0.15) is 18.5 Å². The summed E-state index contributed by atoms with van der Waals surface area (Å²) in [6, 6.07) is 9.02. The summed E-state index contributed by atoms with van der Waals surface area (Å²) < 4.78 is 31.0. The summed E-state index contributed by atoms with van der Waals surface area (Å²) in [5.74, 6) is -2.08. The van der Waals surface area contributed by atoms with Gasteiger partial charge in [0.25, 0.3) is 0 Å². The second kappa shape index (κ2) is 8.58. The second-order valence-corrected chi connectivity index (χ2v) is 5.95. The number of rotatable bonds is 7. The average Bonchev–Trinajstić information content (AvgIpc) is 2.57. The predicted octanol–water partition coefficient (Wildman–Crippen LogP) is 2.68. The number of amides is 1. The van der Waals surface area contributed by atoms with Gasteiger partial charge in [-0.3, -0.25) is 4.79 Å². The molecule has 25 heavy (non-hydrogen) atoms. The van der Waals surface area contributed by atoms with E-state index in [1.807, 2.05) is 32.0 Å². The molecule has 1 amide bonds. The zero-order chi connectivity index (χ0) is 18.4. The molecule has 2 rings (SSSR count). The largest absolute Gasteiger partial charge is 0.491 e. The summed E-state index contributed by atoms with van der Waals surface area (Å²) in [6.45, 7) is 3.76. The first-order chi connectivity index (χ1) is 11.8. The molecule has 0 aliphatic heterocycles. The average molecular weight is 349 g/mol. The lowest BCUT2D eigenvalue weighted by atomic mass is 10.0. The Balaban J connectivity index is 1.77. The van der Waals surface area contributed by atoms with E-state index in [0.29, 0.717) is 0 Å². The van der Waals surface area contributed by atoms with E-state index < -0.39 is 17.7 Å². The third-order valence-corrected chi connectivity index (χ3v) is 3.72. The maximum atomic E-state index is 13.1. The van der Waals surface area contributed by atoms with Crippen LogP contribution in [0, 0.1) is 25.5 Å². The molecule has 0 aliphatic rings. The van der Waals surface area contributed by atoms with Crippen molar-refractivity contribution >= 4 is 5.91 Å². The number of aryl methyl sites for hydroxylation is 2. The number of hydrogen-bond acceptors (Lipinski definition) is 3. The summed E-state index contributed by atoms with van der Waals surface area (Å²) in [6.07, 6.45) is -0.736. The molecule has 0 aliphatic carbocycles. The molecule has 0 aromatic heterocycles. The number of carbonyl (C=O) groups excluding carboxylic acids is 1. The molecule has 0 spiro atoms. The molecule has 134 valence electrons. The van der Waals surface area contributed by atoms with Gasteiger partial charge in [-0.15, -0.1) is 0 Å². The highest BCUT2D eigenvalue weighted by Gasteiger charge is 2.11. The van der Waals surface area contributed by atoms with Crippen LogP contribution in [0.25, 0.3) is 0 Å². The number of aliphatic hydroxyl groups excluding tert-OH is 1. The fourth-order valence-corrected chi connectivity index (χ4v) is 2.28. The highest BCUT2D eigenvalue weighted by Crippen LogP contribution is 2.15. The van der Waals surface area contributed by atoms with Crippen molar-refractivity contribution in [2.24, 2.45) is 0 Å². The fourth-order valence-electron chi connectivity index (χ4n) is 2.28. The molecule has 0 radical (unpaired) electrons. The lowest BCUT2D eigenvalue weighted by Gasteiger charge is -2.14. The molecule has 1 atom stereocenters. The smallest absolute Gasteiger partial charge is 0.224 e. The third kappa shape index (κ3) is 5.83. The van der Waals surface area contributed by atoms with Crippen LogP contribution in [0.4, 0.5) is 8.78 Å². The maximum absolute atomic E-state index is 13.1. The van der Waals surface area contributed by atoms with Gasteiger partial charge in [0, 0.05) is 12.6 Å². The van der Waals surface area contributed by atoms with E-state index >= 15 is 0 Å². The fraction of sp³-hybridized carbons (Fsp3) is 0.316. The normalized spacial score (nSPS) is 11.9. The highest BCUT2D eigenvalue weighted by atomic mass is 19.2. The van der Waals surface area contributed by atoms with Crippen LogP contribution in [0.2, 0.25) is 0 Å². The number of carbonyl (C=O) groups is 1. The topological polar surface area (TPSA) is 58.6 Å². The summed E-state index contributed by atoms with van der Waals surface area (Å²) in [7, 11) is 0. The quantitative estimate of drug-likeness (QED) is 0.808. The van der Waals surface area contributed by atoms with E-state index in [1.165, 1.54) is 6.07 Å². The first kappa shape index (κ1) is 18.9. The Kier molecular flexibility index (Phi) is 6.47. The van der Waals surface area contributed by atoms with E-state index in [2.05, 4.69) is 5.32 Å². The van der Waals surface area contributed by atoms with Gasteiger partial charge < -0.3 is 15.2 Å². The van der Waals surface area contributed by atoms with Crippen LogP contribution in [-0.2, 0) is 11.2 Å². The minimum Gasteiger partial charge on any atom is -0.491 e. The number of hydrogen-bond donors (Lipinski definition) is 2.